The lowest BCUT2D eigenvalue weighted by molar-refractivity contribution is 0.193. The van der Waals surface area contributed by atoms with Gasteiger partial charge in [-0.2, -0.15) is 0 Å². The maximum atomic E-state index is 5.33. The molecule has 0 bridgehead atoms. The highest BCUT2D eigenvalue weighted by Crippen LogP contribution is 1.90. The Morgan fingerprint density at radius 2 is 2.13 bits per heavy atom. The number of nitrogens with one attached hydrogen (secondary N) is 2. The third kappa shape index (κ3) is 9.49. The lowest BCUT2D eigenvalue weighted by Gasteiger charge is -2.08. The molecule has 0 amide bonds. The number of ether oxygens (including phenoxy) is 1. The van der Waals surface area contributed by atoms with Gasteiger partial charge in [-0.1, -0.05) is 13.3 Å². The molecule has 0 aliphatic carbocycles. The molecule has 0 aromatic carbocycles. The largest absolute Gasteiger partial charge is 0.385 e. The first kappa shape index (κ1) is 14.2. The quantitative estimate of drug-likeness (QED) is 0.183. The molecule has 0 spiro atoms. The molecular weight excluding hydrogens is 192 g/mol. The number of rotatable bonds is 8. The van der Waals surface area contributed by atoms with E-state index in [1.54, 1.807) is 7.11 Å². The summed E-state index contributed by atoms with van der Waals surface area (Å²) in [5.74, 6) is 6.01. The molecule has 0 aromatic heterocycles. The Balaban J connectivity index is 3.50. The molecular formula is C10H24N4O. The predicted octanol–water partition coefficient (Wildman–Crippen LogP) is 0.622. The van der Waals surface area contributed by atoms with Crippen LogP contribution in [-0.2, 0) is 4.74 Å². The fourth-order valence-electron chi connectivity index (χ4n) is 1.09. The van der Waals surface area contributed by atoms with Crippen LogP contribution >= 0.6 is 0 Å². The molecule has 0 aromatic rings. The average Bonchev–Trinajstić information content (AvgIpc) is 2.26. The zero-order valence-corrected chi connectivity index (χ0v) is 9.88. The lowest BCUT2D eigenvalue weighted by atomic mass is 10.3. The third-order valence-electron chi connectivity index (χ3n) is 1.99. The van der Waals surface area contributed by atoms with Crippen molar-refractivity contribution >= 4 is 5.96 Å². The van der Waals surface area contributed by atoms with E-state index < -0.39 is 0 Å². The van der Waals surface area contributed by atoms with Crippen LogP contribution < -0.4 is 16.6 Å². The van der Waals surface area contributed by atoms with Crippen molar-refractivity contribution in [2.75, 3.05) is 26.8 Å². The van der Waals surface area contributed by atoms with Gasteiger partial charge in [0.25, 0.3) is 0 Å². The fourth-order valence-corrected chi connectivity index (χ4v) is 1.09. The van der Waals surface area contributed by atoms with Crippen molar-refractivity contribution in [3.63, 3.8) is 0 Å². The Morgan fingerprint density at radius 1 is 1.33 bits per heavy atom. The van der Waals surface area contributed by atoms with Gasteiger partial charge in [-0.05, 0) is 19.3 Å². The van der Waals surface area contributed by atoms with Gasteiger partial charge in [-0.15, -0.1) is 0 Å². The Hall–Kier alpha value is -0.810. The highest BCUT2D eigenvalue weighted by Gasteiger charge is 1.93. The summed E-state index contributed by atoms with van der Waals surface area (Å²) in [5.41, 5.74) is 2.56. The Kier molecular flexibility index (Phi) is 10.7. The molecule has 0 fully saturated rings. The monoisotopic (exact) mass is 216 g/mol. The van der Waals surface area contributed by atoms with Gasteiger partial charge in [0.2, 0.25) is 5.96 Å². The van der Waals surface area contributed by atoms with Crippen molar-refractivity contribution < 1.29 is 4.74 Å². The van der Waals surface area contributed by atoms with Gasteiger partial charge < -0.3 is 10.1 Å². The van der Waals surface area contributed by atoms with Crippen molar-refractivity contribution in [1.82, 2.24) is 10.7 Å². The molecule has 90 valence electrons. The maximum Gasteiger partial charge on any atom is 0.205 e. The number of aliphatic imine (C=N–C) groups is 1. The standard InChI is InChI=1S/C10H24N4O/c1-3-4-7-12-10(14-11)13-8-5-6-9-15-2/h3-9,11H2,1-2H3,(H2,12,13,14). The van der Waals surface area contributed by atoms with E-state index in [4.69, 9.17) is 10.6 Å². The Bertz CT molecular complexity index is 162. The number of hydrazine groups is 1. The van der Waals surface area contributed by atoms with Gasteiger partial charge in [0.05, 0.1) is 0 Å². The van der Waals surface area contributed by atoms with E-state index in [1.165, 1.54) is 6.42 Å². The van der Waals surface area contributed by atoms with Gasteiger partial charge in [0, 0.05) is 26.8 Å². The summed E-state index contributed by atoms with van der Waals surface area (Å²) in [6.45, 7) is 4.64. The van der Waals surface area contributed by atoms with Gasteiger partial charge in [0.1, 0.15) is 0 Å². The van der Waals surface area contributed by atoms with Crippen molar-refractivity contribution in [1.29, 1.82) is 0 Å². The minimum atomic E-state index is 0.681. The second-order valence-electron chi connectivity index (χ2n) is 3.35. The molecule has 0 rings (SSSR count). The van der Waals surface area contributed by atoms with Gasteiger partial charge in [-0.25, -0.2) is 5.84 Å². The molecule has 15 heavy (non-hydrogen) atoms. The highest BCUT2D eigenvalue weighted by molar-refractivity contribution is 5.79. The zero-order valence-electron chi connectivity index (χ0n) is 9.88. The van der Waals surface area contributed by atoms with Crippen LogP contribution in [0.3, 0.4) is 0 Å². The van der Waals surface area contributed by atoms with Crippen LogP contribution in [0.1, 0.15) is 32.6 Å². The van der Waals surface area contributed by atoms with Crippen LogP contribution in [0.15, 0.2) is 4.99 Å². The molecule has 0 aliphatic rings. The molecule has 0 saturated heterocycles. The van der Waals surface area contributed by atoms with Crippen LogP contribution in [0.25, 0.3) is 0 Å². The molecule has 4 N–H and O–H groups in total. The molecule has 5 heteroatoms. The number of hydrogen-bond acceptors (Lipinski definition) is 3. The second-order valence-corrected chi connectivity index (χ2v) is 3.35. The molecule has 0 radical (unpaired) electrons. The second kappa shape index (κ2) is 11.3. The predicted molar refractivity (Wildman–Crippen MR) is 63.6 cm³/mol. The van der Waals surface area contributed by atoms with Gasteiger partial charge >= 0.3 is 0 Å². The number of guanidine groups is 1. The van der Waals surface area contributed by atoms with Crippen molar-refractivity contribution in [3.05, 3.63) is 0 Å². The van der Waals surface area contributed by atoms with E-state index in [0.717, 1.165) is 39.0 Å². The summed E-state index contributed by atoms with van der Waals surface area (Å²) in [6.07, 6.45) is 4.35. The first-order valence-electron chi connectivity index (χ1n) is 5.59. The molecule has 0 heterocycles. The number of nitrogens with zero attached hydrogens (tertiary/aromatic N) is 1. The number of nitrogens with two attached hydrogens (primary N) is 1. The van der Waals surface area contributed by atoms with Crippen LogP contribution in [0.2, 0.25) is 0 Å². The number of unbranched alkanes of at least 4 members (excludes halogenated alkanes) is 2. The normalized spacial score (nSPS) is 11.5. The number of hydrogen-bond donors (Lipinski definition) is 3. The molecule has 0 saturated carbocycles. The SMILES string of the molecule is CCCCNC(=NCCCCOC)NN. The summed E-state index contributed by atoms with van der Waals surface area (Å²) in [5, 5.41) is 3.14. The summed E-state index contributed by atoms with van der Waals surface area (Å²) in [7, 11) is 1.71. The van der Waals surface area contributed by atoms with Crippen LogP contribution in [0.4, 0.5) is 0 Å². The fraction of sp³-hybridized carbons (Fsp3) is 0.900. The van der Waals surface area contributed by atoms with Crippen LogP contribution in [0.5, 0.6) is 0 Å². The van der Waals surface area contributed by atoms with E-state index in [1.807, 2.05) is 0 Å². The first-order valence-corrected chi connectivity index (χ1v) is 5.59. The summed E-state index contributed by atoms with van der Waals surface area (Å²) in [6, 6.07) is 0. The number of methoxy groups -OCH3 is 1. The van der Waals surface area contributed by atoms with Crippen molar-refractivity contribution in [2.24, 2.45) is 10.8 Å². The molecule has 0 unspecified atom stereocenters. The summed E-state index contributed by atoms with van der Waals surface area (Å²) < 4.78 is 4.95. The Labute approximate surface area is 92.4 Å². The summed E-state index contributed by atoms with van der Waals surface area (Å²) >= 11 is 0. The minimum absolute atomic E-state index is 0.681. The summed E-state index contributed by atoms with van der Waals surface area (Å²) in [4.78, 5) is 4.30. The first-order chi connectivity index (χ1) is 7.35. The topological polar surface area (TPSA) is 71.7 Å². The minimum Gasteiger partial charge on any atom is -0.385 e. The molecule has 5 nitrogen and oxygen atoms in total. The van der Waals surface area contributed by atoms with Gasteiger partial charge in [-0.3, -0.25) is 10.4 Å². The van der Waals surface area contributed by atoms with Crippen molar-refractivity contribution in [3.8, 4) is 0 Å². The van der Waals surface area contributed by atoms with E-state index in [9.17, 15) is 0 Å². The highest BCUT2D eigenvalue weighted by atomic mass is 16.5. The van der Waals surface area contributed by atoms with E-state index in [0.29, 0.717) is 5.96 Å². The van der Waals surface area contributed by atoms with Gasteiger partial charge in [0.15, 0.2) is 0 Å². The third-order valence-corrected chi connectivity index (χ3v) is 1.99. The van der Waals surface area contributed by atoms with Crippen LogP contribution in [0, 0.1) is 0 Å². The average molecular weight is 216 g/mol. The molecule has 0 aliphatic heterocycles. The van der Waals surface area contributed by atoms with E-state index >= 15 is 0 Å². The smallest absolute Gasteiger partial charge is 0.205 e. The Morgan fingerprint density at radius 3 is 2.73 bits per heavy atom. The zero-order chi connectivity index (χ0) is 11.4. The molecule has 0 atom stereocenters. The lowest BCUT2D eigenvalue weighted by Crippen LogP contribution is -2.42. The van der Waals surface area contributed by atoms with Crippen molar-refractivity contribution in [2.45, 2.75) is 32.6 Å². The van der Waals surface area contributed by atoms with E-state index in [-0.39, 0.29) is 0 Å². The maximum absolute atomic E-state index is 5.33. The van der Waals surface area contributed by atoms with E-state index in [2.05, 4.69) is 22.7 Å². The van der Waals surface area contributed by atoms with Crippen LogP contribution in [-0.4, -0.2) is 32.8 Å².